The lowest BCUT2D eigenvalue weighted by Gasteiger charge is -2.04. The highest BCUT2D eigenvalue weighted by molar-refractivity contribution is 6.43. The van der Waals surface area contributed by atoms with Crippen molar-refractivity contribution in [2.45, 2.75) is 0 Å². The fraction of sp³-hybridized carbons (Fsp3) is 0.143. The van der Waals surface area contributed by atoms with E-state index in [1.54, 1.807) is 24.4 Å². The minimum atomic E-state index is -0.298. The largest absolute Gasteiger partial charge is 0.376 e. The number of methoxy groups -OCH3 is 1. The zero-order chi connectivity index (χ0) is 14.7. The van der Waals surface area contributed by atoms with Crippen LogP contribution in [-0.4, -0.2) is 24.5 Å². The predicted molar refractivity (Wildman–Crippen MR) is 77.2 cm³/mol. The van der Waals surface area contributed by atoms with Gasteiger partial charge in [-0.25, -0.2) is 0 Å². The van der Waals surface area contributed by atoms with Crippen LogP contribution in [0.2, 0.25) is 10.0 Å². The first-order chi connectivity index (χ1) is 9.60. The molecule has 0 bridgehead atoms. The molecule has 20 heavy (non-hydrogen) atoms. The Bertz CT molecular complexity index is 702. The van der Waals surface area contributed by atoms with Gasteiger partial charge in [0.1, 0.15) is 18.4 Å². The molecule has 4 nitrogen and oxygen atoms in total. The van der Waals surface area contributed by atoms with Gasteiger partial charge >= 0.3 is 0 Å². The summed E-state index contributed by atoms with van der Waals surface area (Å²) in [5, 5.41) is 10.0. The summed E-state index contributed by atoms with van der Waals surface area (Å²) in [6.07, 6.45) is 1.57. The number of ketones is 1. The minimum Gasteiger partial charge on any atom is -0.376 e. The molecule has 0 aliphatic heterocycles. The monoisotopic (exact) mass is 308 g/mol. The molecule has 0 spiro atoms. The quantitative estimate of drug-likeness (QED) is 0.876. The van der Waals surface area contributed by atoms with Crippen LogP contribution in [0.4, 0.5) is 0 Å². The Balaban J connectivity index is 2.57. The van der Waals surface area contributed by atoms with Crippen LogP contribution in [0.3, 0.4) is 0 Å². The van der Waals surface area contributed by atoms with Crippen molar-refractivity contribution >= 4 is 29.0 Å². The lowest BCUT2D eigenvalue weighted by molar-refractivity contribution is 0.0843. The van der Waals surface area contributed by atoms with Gasteiger partial charge in [0, 0.05) is 24.4 Å². The number of nitriles is 1. The van der Waals surface area contributed by atoms with Crippen molar-refractivity contribution in [3.63, 3.8) is 0 Å². The molecule has 1 aromatic carbocycles. The molecule has 0 radical (unpaired) electrons. The van der Waals surface area contributed by atoms with Gasteiger partial charge in [0.2, 0.25) is 5.78 Å². The van der Waals surface area contributed by atoms with Crippen LogP contribution in [0, 0.1) is 11.3 Å². The zero-order valence-corrected chi connectivity index (χ0v) is 12.0. The summed E-state index contributed by atoms with van der Waals surface area (Å²) >= 11 is 12.1. The first-order valence-corrected chi connectivity index (χ1v) is 6.43. The minimum absolute atomic E-state index is 0.0993. The average Bonchev–Trinajstić information content (AvgIpc) is 2.85. The van der Waals surface area contributed by atoms with Gasteiger partial charge in [0.05, 0.1) is 15.6 Å². The van der Waals surface area contributed by atoms with E-state index in [-0.39, 0.29) is 23.6 Å². The van der Waals surface area contributed by atoms with E-state index in [2.05, 4.69) is 4.98 Å². The molecule has 0 saturated heterocycles. The molecule has 1 N–H and O–H groups in total. The fourth-order valence-electron chi connectivity index (χ4n) is 1.89. The molecule has 0 unspecified atom stereocenters. The average molecular weight is 309 g/mol. The van der Waals surface area contributed by atoms with Crippen molar-refractivity contribution in [1.82, 2.24) is 4.98 Å². The molecular formula is C14H10Cl2N2O2. The van der Waals surface area contributed by atoms with Gasteiger partial charge in [-0.15, -0.1) is 0 Å². The Hall–Kier alpha value is -1.80. The number of halogens is 2. The summed E-state index contributed by atoms with van der Waals surface area (Å²) in [5.74, 6) is -0.298. The van der Waals surface area contributed by atoms with Crippen LogP contribution in [0.15, 0.2) is 24.4 Å². The fourth-order valence-corrected chi connectivity index (χ4v) is 2.29. The normalized spacial score (nSPS) is 10.3. The lowest BCUT2D eigenvalue weighted by atomic mass is 10.0. The Morgan fingerprint density at radius 1 is 1.40 bits per heavy atom. The maximum Gasteiger partial charge on any atom is 0.205 e. The predicted octanol–water partition coefficient (Wildman–Crippen LogP) is 3.69. The van der Waals surface area contributed by atoms with E-state index < -0.39 is 0 Å². The number of aromatic amines is 1. The van der Waals surface area contributed by atoms with Gasteiger partial charge < -0.3 is 9.72 Å². The Labute approximate surface area is 125 Å². The number of carbonyl (C=O) groups is 1. The van der Waals surface area contributed by atoms with Crippen LogP contribution in [0.5, 0.6) is 0 Å². The Morgan fingerprint density at radius 3 is 2.80 bits per heavy atom. The van der Waals surface area contributed by atoms with Gasteiger partial charge in [-0.3, -0.25) is 4.79 Å². The number of benzene rings is 1. The summed E-state index contributed by atoms with van der Waals surface area (Å²) in [6, 6.07) is 7.14. The summed E-state index contributed by atoms with van der Waals surface area (Å²) < 4.78 is 4.79. The number of rotatable bonds is 4. The second-order valence-electron chi connectivity index (χ2n) is 4.02. The van der Waals surface area contributed by atoms with Crippen LogP contribution in [0.25, 0.3) is 11.1 Å². The van der Waals surface area contributed by atoms with Crippen molar-refractivity contribution in [1.29, 1.82) is 5.26 Å². The number of Topliss-reactive ketones (excluding diaryl/α,β-unsaturated/α-hetero) is 1. The molecule has 0 saturated carbocycles. The highest BCUT2D eigenvalue weighted by Crippen LogP contribution is 2.36. The third-order valence-electron chi connectivity index (χ3n) is 2.79. The summed E-state index contributed by atoms with van der Waals surface area (Å²) in [4.78, 5) is 14.7. The van der Waals surface area contributed by atoms with E-state index in [0.717, 1.165) is 0 Å². The first-order valence-electron chi connectivity index (χ1n) is 5.68. The lowest BCUT2D eigenvalue weighted by Crippen LogP contribution is -2.09. The molecule has 2 rings (SSSR count). The van der Waals surface area contributed by atoms with Gasteiger partial charge in [-0.1, -0.05) is 35.3 Å². The van der Waals surface area contributed by atoms with Crippen molar-refractivity contribution in [3.8, 4) is 17.2 Å². The molecule has 0 fully saturated rings. The first kappa shape index (κ1) is 14.6. The van der Waals surface area contributed by atoms with Crippen molar-refractivity contribution in [2.75, 3.05) is 13.7 Å². The number of aromatic nitrogens is 1. The van der Waals surface area contributed by atoms with Crippen molar-refractivity contribution < 1.29 is 9.53 Å². The number of nitrogens with one attached hydrogen (secondary N) is 1. The van der Waals surface area contributed by atoms with Gasteiger partial charge in [0.25, 0.3) is 0 Å². The SMILES string of the molecule is COCC(=O)c1[nH]cc(-c2cccc(Cl)c2Cl)c1C#N. The van der Waals surface area contributed by atoms with E-state index in [0.29, 0.717) is 21.2 Å². The summed E-state index contributed by atoms with van der Waals surface area (Å²) in [7, 11) is 1.42. The van der Waals surface area contributed by atoms with Gasteiger partial charge in [-0.05, 0) is 6.07 Å². The Morgan fingerprint density at radius 2 is 2.15 bits per heavy atom. The van der Waals surface area contributed by atoms with Crippen molar-refractivity contribution in [2.24, 2.45) is 0 Å². The molecule has 6 heteroatoms. The van der Waals surface area contributed by atoms with Gasteiger partial charge in [-0.2, -0.15) is 5.26 Å². The molecule has 0 amide bonds. The number of ether oxygens (including phenoxy) is 1. The maximum atomic E-state index is 11.9. The standard InChI is InChI=1S/C14H10Cl2N2O2/c1-20-7-12(19)14-9(5-17)10(6-18-14)8-3-2-4-11(15)13(8)16/h2-4,6,18H,7H2,1H3. The van der Waals surface area contributed by atoms with Crippen molar-refractivity contribution in [3.05, 3.63) is 45.7 Å². The maximum absolute atomic E-state index is 11.9. The second-order valence-corrected chi connectivity index (χ2v) is 4.81. The highest BCUT2D eigenvalue weighted by Gasteiger charge is 2.20. The molecule has 0 aliphatic rings. The molecule has 2 aromatic rings. The molecule has 1 heterocycles. The number of nitrogens with zero attached hydrogens (tertiary/aromatic N) is 1. The van der Waals surface area contributed by atoms with E-state index >= 15 is 0 Å². The number of hydrogen-bond donors (Lipinski definition) is 1. The van der Waals surface area contributed by atoms with Crippen LogP contribution >= 0.6 is 23.2 Å². The molecule has 1 aromatic heterocycles. The van der Waals surface area contributed by atoms with Crippen LogP contribution in [-0.2, 0) is 4.74 Å². The summed E-state index contributed by atoms with van der Waals surface area (Å²) in [6.45, 7) is -0.0993. The number of hydrogen-bond acceptors (Lipinski definition) is 3. The third-order valence-corrected chi connectivity index (χ3v) is 3.61. The Kier molecular flexibility index (Phi) is 4.46. The van der Waals surface area contributed by atoms with E-state index in [1.165, 1.54) is 7.11 Å². The second kappa shape index (κ2) is 6.10. The molecule has 0 aliphatic carbocycles. The van der Waals surface area contributed by atoms with Gasteiger partial charge in [0.15, 0.2) is 0 Å². The van der Waals surface area contributed by atoms with Crippen LogP contribution < -0.4 is 0 Å². The molecular weight excluding hydrogens is 299 g/mol. The van der Waals surface area contributed by atoms with Crippen LogP contribution in [0.1, 0.15) is 16.1 Å². The van der Waals surface area contributed by atoms with E-state index in [1.807, 2.05) is 6.07 Å². The zero-order valence-electron chi connectivity index (χ0n) is 10.5. The van der Waals surface area contributed by atoms with E-state index in [9.17, 15) is 10.1 Å². The highest BCUT2D eigenvalue weighted by atomic mass is 35.5. The topological polar surface area (TPSA) is 65.9 Å². The molecule has 0 atom stereocenters. The smallest absolute Gasteiger partial charge is 0.205 e. The number of H-pyrrole nitrogens is 1. The van der Waals surface area contributed by atoms with E-state index in [4.69, 9.17) is 27.9 Å². The molecule has 102 valence electrons. The third kappa shape index (κ3) is 2.56. The summed E-state index contributed by atoms with van der Waals surface area (Å²) in [5.41, 5.74) is 1.58. The number of carbonyl (C=O) groups excluding carboxylic acids is 1.